The van der Waals surface area contributed by atoms with Gasteiger partial charge in [-0.05, 0) is 18.2 Å². The summed E-state index contributed by atoms with van der Waals surface area (Å²) in [5.41, 5.74) is 0.142. The van der Waals surface area contributed by atoms with E-state index < -0.39 is 11.6 Å². The molecule has 0 unspecified atom stereocenters. The van der Waals surface area contributed by atoms with Crippen molar-refractivity contribution in [3.63, 3.8) is 0 Å². The first kappa shape index (κ1) is 13.3. The van der Waals surface area contributed by atoms with Crippen LogP contribution in [0, 0.1) is 5.82 Å². The minimum absolute atomic E-state index is 0.0628. The van der Waals surface area contributed by atoms with Crippen molar-refractivity contribution in [2.75, 3.05) is 7.11 Å². The third kappa shape index (κ3) is 2.51. The molecular weight excluding hydrogens is 298 g/mol. The number of ether oxygens (including phenoxy) is 1. The molecule has 0 saturated heterocycles. The summed E-state index contributed by atoms with van der Waals surface area (Å²) in [6.45, 7) is 0. The molecule has 0 saturated carbocycles. The van der Waals surface area contributed by atoms with E-state index >= 15 is 0 Å². The largest absolute Gasteiger partial charge is 0.497 e. The van der Waals surface area contributed by atoms with Crippen LogP contribution in [0.4, 0.5) is 4.39 Å². The van der Waals surface area contributed by atoms with Gasteiger partial charge in [-0.1, -0.05) is 23.2 Å². The van der Waals surface area contributed by atoms with Gasteiger partial charge in [0.05, 0.1) is 22.6 Å². The molecule has 6 heteroatoms. The Bertz CT molecular complexity index is 610. The van der Waals surface area contributed by atoms with E-state index in [-0.39, 0.29) is 15.5 Å². The fourth-order valence-electron chi connectivity index (χ4n) is 1.45. The zero-order chi connectivity index (χ0) is 13.3. The first-order valence-electron chi connectivity index (χ1n) is 4.86. The molecule has 2 nitrogen and oxygen atoms in total. The van der Waals surface area contributed by atoms with Crippen LogP contribution in [0.5, 0.6) is 5.75 Å². The van der Waals surface area contributed by atoms with E-state index in [9.17, 15) is 9.18 Å². The predicted molar refractivity (Wildman–Crippen MR) is 70.7 cm³/mol. The van der Waals surface area contributed by atoms with E-state index in [0.29, 0.717) is 10.1 Å². The first-order chi connectivity index (χ1) is 8.52. The van der Waals surface area contributed by atoms with Gasteiger partial charge in [-0.2, -0.15) is 0 Å². The minimum Gasteiger partial charge on any atom is -0.497 e. The highest BCUT2D eigenvalue weighted by molar-refractivity contribution is 7.20. The number of hydrogen-bond acceptors (Lipinski definition) is 3. The molecule has 94 valence electrons. The van der Waals surface area contributed by atoms with Gasteiger partial charge < -0.3 is 4.74 Å². The second kappa shape index (κ2) is 5.26. The fourth-order valence-corrected chi connectivity index (χ4v) is 2.91. The highest BCUT2D eigenvalue weighted by Gasteiger charge is 2.19. The van der Waals surface area contributed by atoms with Crippen LogP contribution in [0.1, 0.15) is 15.9 Å². The van der Waals surface area contributed by atoms with Crippen molar-refractivity contribution in [1.82, 2.24) is 0 Å². The van der Waals surface area contributed by atoms with Gasteiger partial charge >= 0.3 is 0 Å². The summed E-state index contributed by atoms with van der Waals surface area (Å²) < 4.78 is 19.2. The fraction of sp³-hybridized carbons (Fsp3) is 0.0833. The van der Waals surface area contributed by atoms with Crippen molar-refractivity contribution >= 4 is 40.3 Å². The lowest BCUT2D eigenvalue weighted by molar-refractivity contribution is 0.103. The minimum atomic E-state index is -0.655. The average Bonchev–Trinajstić information content (AvgIpc) is 2.67. The Morgan fingerprint density at radius 2 is 2.00 bits per heavy atom. The van der Waals surface area contributed by atoms with E-state index in [4.69, 9.17) is 27.9 Å². The van der Waals surface area contributed by atoms with Gasteiger partial charge in [-0.25, -0.2) is 4.39 Å². The van der Waals surface area contributed by atoms with Gasteiger partial charge in [0.2, 0.25) is 0 Å². The van der Waals surface area contributed by atoms with E-state index in [1.807, 2.05) is 0 Å². The zero-order valence-corrected chi connectivity index (χ0v) is 11.5. The molecule has 18 heavy (non-hydrogen) atoms. The molecule has 0 N–H and O–H groups in total. The second-order valence-electron chi connectivity index (χ2n) is 3.41. The quantitative estimate of drug-likeness (QED) is 0.784. The molecule has 0 amide bonds. The maximum absolute atomic E-state index is 13.7. The zero-order valence-electron chi connectivity index (χ0n) is 9.17. The lowest BCUT2D eigenvalue weighted by atomic mass is 10.1. The van der Waals surface area contributed by atoms with Crippen LogP contribution >= 0.6 is 34.5 Å². The Kier molecular flexibility index (Phi) is 3.90. The summed E-state index contributed by atoms with van der Waals surface area (Å²) in [4.78, 5) is 12.1. The van der Waals surface area contributed by atoms with Gasteiger partial charge in [0.25, 0.3) is 0 Å². The average molecular weight is 305 g/mol. The molecule has 0 aliphatic rings. The van der Waals surface area contributed by atoms with Gasteiger partial charge in [0.15, 0.2) is 5.78 Å². The van der Waals surface area contributed by atoms with Crippen LogP contribution in [0.15, 0.2) is 24.3 Å². The summed E-state index contributed by atoms with van der Waals surface area (Å²) in [6, 6.07) is 5.45. The number of thiophene rings is 1. The number of hydrogen-bond donors (Lipinski definition) is 0. The molecule has 0 aliphatic carbocycles. The molecule has 2 rings (SSSR count). The Hall–Kier alpha value is -1.10. The smallest absolute Gasteiger partial charge is 0.198 e. The lowest BCUT2D eigenvalue weighted by Gasteiger charge is -2.04. The normalized spacial score (nSPS) is 10.4. The molecule has 1 aromatic heterocycles. The second-order valence-corrected chi connectivity index (χ2v) is 5.70. The van der Waals surface area contributed by atoms with E-state index in [0.717, 1.165) is 17.4 Å². The summed E-state index contributed by atoms with van der Waals surface area (Å²) in [7, 11) is 1.42. The molecule has 2 aromatic rings. The number of carbonyl (C=O) groups is 1. The SMILES string of the molecule is COc1ccc(C(=O)c2cc(Cl)sc2Cl)c(F)c1. The van der Waals surface area contributed by atoms with Gasteiger partial charge in [0.1, 0.15) is 15.9 Å². The highest BCUT2D eigenvalue weighted by atomic mass is 35.5. The maximum atomic E-state index is 13.7. The molecule has 1 heterocycles. The Morgan fingerprint density at radius 1 is 1.28 bits per heavy atom. The molecule has 0 radical (unpaired) electrons. The first-order valence-corrected chi connectivity index (χ1v) is 6.43. The van der Waals surface area contributed by atoms with Crippen LogP contribution in [0.2, 0.25) is 8.67 Å². The topological polar surface area (TPSA) is 26.3 Å². The molecular formula is C12H7Cl2FO2S. The van der Waals surface area contributed by atoms with Crippen LogP contribution in [0.3, 0.4) is 0 Å². The highest BCUT2D eigenvalue weighted by Crippen LogP contribution is 2.33. The van der Waals surface area contributed by atoms with Crippen molar-refractivity contribution in [3.05, 3.63) is 49.9 Å². The van der Waals surface area contributed by atoms with Crippen LogP contribution in [-0.2, 0) is 0 Å². The monoisotopic (exact) mass is 304 g/mol. The number of benzene rings is 1. The Morgan fingerprint density at radius 3 is 2.50 bits per heavy atom. The Labute approximate surface area is 117 Å². The van der Waals surface area contributed by atoms with Crippen LogP contribution in [-0.4, -0.2) is 12.9 Å². The number of halogens is 3. The third-order valence-electron chi connectivity index (χ3n) is 2.32. The third-order valence-corrected chi connectivity index (χ3v) is 3.81. The molecule has 1 aromatic carbocycles. The molecule has 0 spiro atoms. The summed E-state index contributed by atoms with van der Waals surface area (Å²) in [5.74, 6) is -0.806. The van der Waals surface area contributed by atoms with Crippen molar-refractivity contribution in [2.45, 2.75) is 0 Å². The van der Waals surface area contributed by atoms with E-state index in [1.165, 1.54) is 25.3 Å². The molecule has 0 bridgehead atoms. The van der Waals surface area contributed by atoms with Crippen molar-refractivity contribution < 1.29 is 13.9 Å². The van der Waals surface area contributed by atoms with Gasteiger partial charge in [-0.3, -0.25) is 4.79 Å². The van der Waals surface area contributed by atoms with Crippen LogP contribution < -0.4 is 4.74 Å². The number of methoxy groups -OCH3 is 1. The van der Waals surface area contributed by atoms with Crippen molar-refractivity contribution in [2.24, 2.45) is 0 Å². The standard InChI is InChI=1S/C12H7Cl2FO2S/c1-17-6-2-3-7(9(15)4-6)11(16)8-5-10(13)18-12(8)14/h2-5H,1H3. The van der Waals surface area contributed by atoms with Crippen molar-refractivity contribution in [1.29, 1.82) is 0 Å². The maximum Gasteiger partial charge on any atom is 0.198 e. The summed E-state index contributed by atoms with van der Waals surface area (Å²) in [6.07, 6.45) is 0. The van der Waals surface area contributed by atoms with Gasteiger partial charge in [0, 0.05) is 6.07 Å². The molecule has 0 atom stereocenters. The Balaban J connectivity index is 2.43. The predicted octanol–water partition coefficient (Wildman–Crippen LogP) is 4.43. The van der Waals surface area contributed by atoms with Crippen LogP contribution in [0.25, 0.3) is 0 Å². The van der Waals surface area contributed by atoms with Crippen molar-refractivity contribution in [3.8, 4) is 5.75 Å². The lowest BCUT2D eigenvalue weighted by Crippen LogP contribution is -2.03. The summed E-state index contributed by atoms with van der Waals surface area (Å²) in [5, 5.41) is 0. The molecule has 0 fully saturated rings. The number of carbonyl (C=O) groups excluding carboxylic acids is 1. The number of ketones is 1. The summed E-state index contributed by atoms with van der Waals surface area (Å²) >= 11 is 12.7. The van der Waals surface area contributed by atoms with E-state index in [1.54, 1.807) is 0 Å². The van der Waals surface area contributed by atoms with Gasteiger partial charge in [-0.15, -0.1) is 11.3 Å². The molecule has 0 aliphatic heterocycles. The van der Waals surface area contributed by atoms with E-state index in [2.05, 4.69) is 0 Å². The number of rotatable bonds is 3.